The average molecular weight is 530 g/mol. The highest BCUT2D eigenvalue weighted by molar-refractivity contribution is 9.15. The number of benzene rings is 3. The van der Waals surface area contributed by atoms with Gasteiger partial charge in [0.15, 0.2) is 11.6 Å². The van der Waals surface area contributed by atoms with Crippen molar-refractivity contribution in [3.8, 4) is 11.5 Å². The third-order valence-electron chi connectivity index (χ3n) is 5.96. The molecule has 0 radical (unpaired) electrons. The molecular formula is C27H23BrClFO3. The second-order valence-electron chi connectivity index (χ2n) is 8.63. The van der Waals surface area contributed by atoms with E-state index in [1.54, 1.807) is 24.3 Å². The SMILES string of the molecule is CC1(C)C(C=C(Br)c2ccc(Cl)cc2)C1C(=O)OCc1ccc(F)c(Oc2ccccc2)c1. The number of hydrogen-bond acceptors (Lipinski definition) is 3. The molecular weight excluding hydrogens is 507 g/mol. The Balaban J connectivity index is 1.40. The van der Waals surface area contributed by atoms with E-state index in [1.807, 2.05) is 56.3 Å². The fourth-order valence-electron chi connectivity index (χ4n) is 3.88. The maximum atomic E-state index is 14.2. The van der Waals surface area contributed by atoms with Gasteiger partial charge in [0, 0.05) is 9.51 Å². The number of carbonyl (C=O) groups is 1. The Hall–Kier alpha value is -2.63. The molecule has 0 spiro atoms. The second-order valence-corrected chi connectivity index (χ2v) is 9.92. The maximum Gasteiger partial charge on any atom is 0.310 e. The van der Waals surface area contributed by atoms with Crippen molar-refractivity contribution in [3.05, 3.63) is 101 Å². The van der Waals surface area contributed by atoms with E-state index in [0.717, 1.165) is 10.0 Å². The van der Waals surface area contributed by atoms with Crippen LogP contribution < -0.4 is 4.74 Å². The van der Waals surface area contributed by atoms with Gasteiger partial charge in [-0.3, -0.25) is 4.79 Å². The molecule has 170 valence electrons. The first kappa shape index (κ1) is 23.5. The molecule has 33 heavy (non-hydrogen) atoms. The van der Waals surface area contributed by atoms with E-state index in [0.29, 0.717) is 16.3 Å². The van der Waals surface area contributed by atoms with Crippen LogP contribution >= 0.6 is 27.5 Å². The van der Waals surface area contributed by atoms with Crippen molar-refractivity contribution < 1.29 is 18.7 Å². The quantitative estimate of drug-likeness (QED) is 0.291. The molecule has 0 aromatic heterocycles. The highest BCUT2D eigenvalue weighted by Gasteiger charge is 2.61. The fourth-order valence-corrected chi connectivity index (χ4v) is 4.55. The lowest BCUT2D eigenvalue weighted by molar-refractivity contribution is -0.147. The van der Waals surface area contributed by atoms with E-state index >= 15 is 0 Å². The molecule has 0 saturated heterocycles. The summed E-state index contributed by atoms with van der Waals surface area (Å²) in [6.45, 7) is 4.14. The summed E-state index contributed by atoms with van der Waals surface area (Å²) in [4.78, 5) is 12.8. The molecule has 1 saturated carbocycles. The van der Waals surface area contributed by atoms with Crippen molar-refractivity contribution in [2.24, 2.45) is 17.3 Å². The molecule has 3 aromatic carbocycles. The first-order chi connectivity index (χ1) is 15.8. The van der Waals surface area contributed by atoms with Gasteiger partial charge < -0.3 is 9.47 Å². The van der Waals surface area contributed by atoms with Gasteiger partial charge in [0.05, 0.1) is 5.92 Å². The zero-order chi connectivity index (χ0) is 23.6. The van der Waals surface area contributed by atoms with E-state index in [-0.39, 0.29) is 35.6 Å². The van der Waals surface area contributed by atoms with Gasteiger partial charge >= 0.3 is 5.97 Å². The molecule has 1 aliphatic carbocycles. The van der Waals surface area contributed by atoms with Crippen LogP contribution in [0, 0.1) is 23.1 Å². The standard InChI is InChI=1S/C27H23BrClFO3/c1-27(2)21(15-22(28)18-9-11-19(29)12-10-18)25(27)26(31)32-16-17-8-13-23(30)24(14-17)33-20-6-4-3-5-7-20/h3-15,21,25H,16H2,1-2H3. The number of ether oxygens (including phenoxy) is 2. The molecule has 0 N–H and O–H groups in total. The number of para-hydroxylation sites is 1. The molecule has 0 bridgehead atoms. The number of carbonyl (C=O) groups excluding carboxylic acids is 1. The molecule has 1 fully saturated rings. The smallest absolute Gasteiger partial charge is 0.310 e. The van der Waals surface area contributed by atoms with E-state index in [2.05, 4.69) is 22.0 Å². The highest BCUT2D eigenvalue weighted by Crippen LogP contribution is 2.60. The largest absolute Gasteiger partial charge is 0.461 e. The predicted octanol–water partition coefficient (Wildman–Crippen LogP) is 8.02. The van der Waals surface area contributed by atoms with Crippen LogP contribution in [0.1, 0.15) is 25.0 Å². The van der Waals surface area contributed by atoms with Gasteiger partial charge in [0.1, 0.15) is 12.4 Å². The summed E-state index contributed by atoms with van der Waals surface area (Å²) in [5, 5.41) is 0.672. The normalized spacial score (nSPS) is 19.1. The summed E-state index contributed by atoms with van der Waals surface area (Å²) in [5.41, 5.74) is 1.43. The molecule has 1 aliphatic rings. The third kappa shape index (κ3) is 5.48. The van der Waals surface area contributed by atoms with Gasteiger partial charge in [-0.1, -0.05) is 83.9 Å². The number of halogens is 3. The lowest BCUT2D eigenvalue weighted by Crippen LogP contribution is -2.10. The van der Waals surface area contributed by atoms with Crippen LogP contribution in [-0.2, 0) is 16.1 Å². The summed E-state index contributed by atoms with van der Waals surface area (Å²) in [6.07, 6.45) is 2.05. The van der Waals surface area contributed by atoms with Crippen molar-refractivity contribution in [2.45, 2.75) is 20.5 Å². The Bertz CT molecular complexity index is 1180. The molecule has 0 amide bonds. The summed E-state index contributed by atoms with van der Waals surface area (Å²) in [5.74, 6) is -0.333. The third-order valence-corrected chi connectivity index (χ3v) is 6.93. The van der Waals surface area contributed by atoms with Crippen LogP contribution in [0.3, 0.4) is 0 Å². The Morgan fingerprint density at radius 2 is 1.79 bits per heavy atom. The Morgan fingerprint density at radius 1 is 1.09 bits per heavy atom. The molecule has 0 aliphatic heterocycles. The minimum atomic E-state index is -0.477. The predicted molar refractivity (Wildman–Crippen MR) is 132 cm³/mol. The van der Waals surface area contributed by atoms with E-state index in [4.69, 9.17) is 21.1 Å². The summed E-state index contributed by atoms with van der Waals surface area (Å²) in [6, 6.07) is 20.9. The minimum Gasteiger partial charge on any atom is -0.461 e. The molecule has 2 atom stereocenters. The van der Waals surface area contributed by atoms with Crippen molar-refractivity contribution in [3.63, 3.8) is 0 Å². The Morgan fingerprint density at radius 3 is 2.48 bits per heavy atom. The van der Waals surface area contributed by atoms with Gasteiger partial charge in [-0.05, 0) is 58.9 Å². The van der Waals surface area contributed by atoms with Gasteiger partial charge in [0.2, 0.25) is 0 Å². The van der Waals surface area contributed by atoms with Crippen molar-refractivity contribution in [1.29, 1.82) is 0 Å². The van der Waals surface area contributed by atoms with Gasteiger partial charge in [-0.25, -0.2) is 4.39 Å². The lowest BCUT2D eigenvalue weighted by atomic mass is 10.1. The maximum absolute atomic E-state index is 14.2. The first-order valence-electron chi connectivity index (χ1n) is 10.6. The van der Waals surface area contributed by atoms with Crippen LogP contribution in [0.25, 0.3) is 4.48 Å². The first-order valence-corrected chi connectivity index (χ1v) is 11.7. The number of allylic oxidation sites excluding steroid dienone is 1. The van der Waals surface area contributed by atoms with Gasteiger partial charge in [-0.15, -0.1) is 0 Å². The highest BCUT2D eigenvalue weighted by atomic mass is 79.9. The number of hydrogen-bond donors (Lipinski definition) is 0. The van der Waals surface area contributed by atoms with Gasteiger partial charge in [0.25, 0.3) is 0 Å². The Labute approximate surface area is 206 Å². The van der Waals surface area contributed by atoms with Crippen molar-refractivity contribution in [2.75, 3.05) is 0 Å². The second kappa shape index (κ2) is 9.70. The molecule has 3 nitrogen and oxygen atoms in total. The lowest BCUT2D eigenvalue weighted by Gasteiger charge is -2.10. The van der Waals surface area contributed by atoms with E-state index in [1.165, 1.54) is 6.07 Å². The van der Waals surface area contributed by atoms with Crippen LogP contribution in [0.5, 0.6) is 11.5 Å². The molecule has 6 heteroatoms. The van der Waals surface area contributed by atoms with Crippen molar-refractivity contribution >= 4 is 38.0 Å². The van der Waals surface area contributed by atoms with Crippen molar-refractivity contribution in [1.82, 2.24) is 0 Å². The van der Waals surface area contributed by atoms with Crippen LogP contribution in [0.15, 0.2) is 78.9 Å². The molecule has 4 rings (SSSR count). The van der Waals surface area contributed by atoms with Crippen LogP contribution in [0.2, 0.25) is 5.02 Å². The fraction of sp³-hybridized carbons (Fsp3) is 0.222. The topological polar surface area (TPSA) is 35.5 Å². The number of esters is 1. The average Bonchev–Trinajstić information content (AvgIpc) is 3.34. The van der Waals surface area contributed by atoms with E-state index in [9.17, 15) is 9.18 Å². The molecule has 0 heterocycles. The van der Waals surface area contributed by atoms with Gasteiger partial charge in [-0.2, -0.15) is 0 Å². The monoisotopic (exact) mass is 528 g/mol. The van der Waals surface area contributed by atoms with E-state index < -0.39 is 5.82 Å². The number of rotatable bonds is 7. The molecule has 3 aromatic rings. The molecule has 2 unspecified atom stereocenters. The van der Waals surface area contributed by atoms with Crippen LogP contribution in [-0.4, -0.2) is 5.97 Å². The minimum absolute atomic E-state index is 0.0419. The summed E-state index contributed by atoms with van der Waals surface area (Å²) < 4.78 is 26.3. The van der Waals surface area contributed by atoms with Crippen LogP contribution in [0.4, 0.5) is 4.39 Å². The Kier molecular flexibility index (Phi) is 6.91. The summed E-state index contributed by atoms with van der Waals surface area (Å²) >= 11 is 9.58. The zero-order valence-corrected chi connectivity index (χ0v) is 20.6. The summed E-state index contributed by atoms with van der Waals surface area (Å²) in [7, 11) is 0. The zero-order valence-electron chi connectivity index (χ0n) is 18.2.